The fourth-order valence-corrected chi connectivity index (χ4v) is 3.32. The van der Waals surface area contributed by atoms with E-state index in [1.54, 1.807) is 29.4 Å². The van der Waals surface area contributed by atoms with Gasteiger partial charge in [-0.05, 0) is 37.1 Å². The lowest BCUT2D eigenvalue weighted by atomic mass is 9.97. The van der Waals surface area contributed by atoms with Crippen LogP contribution in [0, 0.1) is 5.92 Å². The van der Waals surface area contributed by atoms with Crippen molar-refractivity contribution in [2.75, 3.05) is 23.3 Å². The Balaban J connectivity index is 1.55. The molecule has 1 fully saturated rings. The number of amides is 1. The van der Waals surface area contributed by atoms with Gasteiger partial charge in [-0.15, -0.1) is 10.2 Å². The minimum Gasteiger partial charge on any atom is -0.340 e. The second-order valence-corrected chi connectivity index (χ2v) is 6.66. The Kier molecular flexibility index (Phi) is 4.62. The van der Waals surface area contributed by atoms with Crippen LogP contribution in [0.4, 0.5) is 24.8 Å². The Morgan fingerprint density at radius 2 is 2.07 bits per heavy atom. The van der Waals surface area contributed by atoms with E-state index in [4.69, 9.17) is 0 Å². The van der Waals surface area contributed by atoms with Crippen molar-refractivity contribution in [3.05, 3.63) is 48.4 Å². The van der Waals surface area contributed by atoms with Crippen LogP contribution in [0.3, 0.4) is 0 Å². The number of carbonyl (C=O) groups is 1. The molecule has 0 aromatic carbocycles. The predicted molar refractivity (Wildman–Crippen MR) is 95.8 cm³/mol. The number of carbonyl (C=O) groups excluding carboxylic acids is 1. The predicted octanol–water partition coefficient (Wildman–Crippen LogP) is 3.00. The maximum atomic E-state index is 13.0. The number of nitrogens with zero attached hydrogens (tertiary/aromatic N) is 5. The number of nitrogens with one attached hydrogen (secondary N) is 1. The minimum absolute atomic E-state index is 0.150. The molecule has 4 rings (SSSR count). The summed E-state index contributed by atoms with van der Waals surface area (Å²) in [5.41, 5.74) is 0.154. The molecule has 4 heterocycles. The van der Waals surface area contributed by atoms with Crippen molar-refractivity contribution < 1.29 is 18.0 Å². The monoisotopic (exact) mass is 390 g/mol. The second kappa shape index (κ2) is 7.10. The van der Waals surface area contributed by atoms with Crippen LogP contribution in [0.25, 0.3) is 5.65 Å². The normalized spacial score (nSPS) is 17.7. The number of aromatic nitrogens is 4. The van der Waals surface area contributed by atoms with Crippen LogP contribution < -0.4 is 10.2 Å². The molecule has 0 saturated carbocycles. The Morgan fingerprint density at radius 3 is 2.82 bits per heavy atom. The zero-order valence-corrected chi connectivity index (χ0v) is 14.7. The minimum atomic E-state index is -4.45. The molecule has 10 heteroatoms. The summed E-state index contributed by atoms with van der Waals surface area (Å²) in [7, 11) is 0. The SMILES string of the molecule is O=C(Nc1cccnc1)C1CCCN(c2nnc3ccc(C(F)(F)F)cn23)C1. The van der Waals surface area contributed by atoms with Crippen molar-refractivity contribution in [3.8, 4) is 0 Å². The van der Waals surface area contributed by atoms with Crippen LogP contribution in [-0.4, -0.2) is 38.6 Å². The average molecular weight is 390 g/mol. The summed E-state index contributed by atoms with van der Waals surface area (Å²) in [4.78, 5) is 18.3. The van der Waals surface area contributed by atoms with Gasteiger partial charge < -0.3 is 10.2 Å². The number of pyridine rings is 2. The number of piperidine rings is 1. The fourth-order valence-electron chi connectivity index (χ4n) is 3.32. The first-order valence-electron chi connectivity index (χ1n) is 8.79. The van der Waals surface area contributed by atoms with Crippen LogP contribution in [0.2, 0.25) is 0 Å². The van der Waals surface area contributed by atoms with E-state index in [9.17, 15) is 18.0 Å². The quantitative estimate of drug-likeness (QED) is 0.744. The summed E-state index contributed by atoms with van der Waals surface area (Å²) in [5.74, 6) is -0.158. The van der Waals surface area contributed by atoms with Crippen LogP contribution in [-0.2, 0) is 11.0 Å². The average Bonchev–Trinajstić information content (AvgIpc) is 3.11. The van der Waals surface area contributed by atoms with Crippen LogP contribution in [0.1, 0.15) is 18.4 Å². The highest BCUT2D eigenvalue weighted by atomic mass is 19.4. The van der Waals surface area contributed by atoms with Crippen LogP contribution in [0.15, 0.2) is 42.9 Å². The van der Waals surface area contributed by atoms with Gasteiger partial charge in [-0.25, -0.2) is 0 Å². The topological polar surface area (TPSA) is 75.4 Å². The summed E-state index contributed by atoms with van der Waals surface area (Å²) in [5, 5.41) is 10.8. The van der Waals surface area contributed by atoms with E-state index in [1.807, 2.05) is 0 Å². The van der Waals surface area contributed by atoms with Gasteiger partial charge >= 0.3 is 6.18 Å². The number of hydrogen-bond acceptors (Lipinski definition) is 5. The molecule has 3 aromatic heterocycles. The van der Waals surface area contributed by atoms with Crippen LogP contribution >= 0.6 is 0 Å². The lowest BCUT2D eigenvalue weighted by Gasteiger charge is -2.32. The Labute approximate surface area is 158 Å². The van der Waals surface area contributed by atoms with E-state index in [0.717, 1.165) is 18.7 Å². The molecule has 1 aliphatic rings. The molecule has 0 aliphatic carbocycles. The Bertz CT molecular complexity index is 988. The smallest absolute Gasteiger partial charge is 0.340 e. The number of fused-ring (bicyclic) bond motifs is 1. The molecule has 0 bridgehead atoms. The molecule has 1 atom stereocenters. The van der Waals surface area contributed by atoms with Gasteiger partial charge in [0.25, 0.3) is 0 Å². The molecule has 1 aliphatic heterocycles. The summed E-state index contributed by atoms with van der Waals surface area (Å²) < 4.78 is 40.5. The zero-order valence-electron chi connectivity index (χ0n) is 14.7. The molecule has 3 aromatic rings. The highest BCUT2D eigenvalue weighted by Crippen LogP contribution is 2.30. The molecule has 1 N–H and O–H groups in total. The van der Waals surface area contributed by atoms with Gasteiger partial charge in [0, 0.05) is 25.5 Å². The third kappa shape index (κ3) is 3.62. The number of rotatable bonds is 3. The summed E-state index contributed by atoms with van der Waals surface area (Å²) in [6.45, 7) is 0.941. The van der Waals surface area contributed by atoms with Gasteiger partial charge in [0.2, 0.25) is 11.9 Å². The molecule has 0 radical (unpaired) electrons. The lowest BCUT2D eigenvalue weighted by Crippen LogP contribution is -2.41. The first-order chi connectivity index (χ1) is 13.4. The van der Waals surface area contributed by atoms with E-state index in [0.29, 0.717) is 36.8 Å². The summed E-state index contributed by atoms with van der Waals surface area (Å²) >= 11 is 0. The number of alkyl halides is 3. The zero-order chi connectivity index (χ0) is 19.7. The summed E-state index contributed by atoms with van der Waals surface area (Å²) in [6, 6.07) is 5.74. The Hall–Kier alpha value is -3.17. The van der Waals surface area contributed by atoms with Crippen molar-refractivity contribution in [1.82, 2.24) is 19.6 Å². The van der Waals surface area contributed by atoms with Gasteiger partial charge in [0.1, 0.15) is 0 Å². The van der Waals surface area contributed by atoms with E-state index in [1.165, 1.54) is 10.5 Å². The van der Waals surface area contributed by atoms with Gasteiger partial charge in [0.05, 0.1) is 23.4 Å². The van der Waals surface area contributed by atoms with Gasteiger partial charge in [-0.2, -0.15) is 13.2 Å². The van der Waals surface area contributed by atoms with Gasteiger partial charge in [0.15, 0.2) is 5.65 Å². The number of hydrogen-bond donors (Lipinski definition) is 1. The fraction of sp³-hybridized carbons (Fsp3) is 0.333. The molecule has 1 saturated heterocycles. The molecular weight excluding hydrogens is 373 g/mol. The highest BCUT2D eigenvalue weighted by molar-refractivity contribution is 5.92. The maximum Gasteiger partial charge on any atom is 0.417 e. The van der Waals surface area contributed by atoms with Crippen molar-refractivity contribution in [1.29, 1.82) is 0 Å². The molecular formula is C18H17F3N6O. The third-order valence-corrected chi connectivity index (χ3v) is 4.72. The third-order valence-electron chi connectivity index (χ3n) is 4.72. The molecule has 28 heavy (non-hydrogen) atoms. The molecule has 1 unspecified atom stereocenters. The van der Waals surface area contributed by atoms with Crippen LogP contribution in [0.5, 0.6) is 0 Å². The standard InChI is InChI=1S/C18H17F3N6O/c19-18(20,21)13-5-6-15-24-25-17(27(15)11-13)26-8-2-3-12(10-26)16(28)23-14-4-1-7-22-9-14/h1,4-7,9,11-12H,2-3,8,10H2,(H,23,28). The maximum absolute atomic E-state index is 13.0. The van der Waals surface area contributed by atoms with Crippen molar-refractivity contribution in [2.45, 2.75) is 19.0 Å². The molecule has 0 spiro atoms. The first-order valence-corrected chi connectivity index (χ1v) is 8.79. The summed E-state index contributed by atoms with van der Waals surface area (Å²) in [6.07, 6.45) is 1.12. The Morgan fingerprint density at radius 1 is 1.21 bits per heavy atom. The van der Waals surface area contributed by atoms with E-state index in [-0.39, 0.29) is 11.8 Å². The van der Waals surface area contributed by atoms with Gasteiger partial charge in [-0.3, -0.25) is 14.2 Å². The molecule has 1 amide bonds. The first kappa shape index (κ1) is 18.2. The second-order valence-electron chi connectivity index (χ2n) is 6.66. The van der Waals surface area contributed by atoms with E-state index < -0.39 is 11.7 Å². The van der Waals surface area contributed by atoms with Crippen molar-refractivity contribution in [3.63, 3.8) is 0 Å². The molecule has 7 nitrogen and oxygen atoms in total. The largest absolute Gasteiger partial charge is 0.417 e. The lowest BCUT2D eigenvalue weighted by molar-refractivity contribution is -0.137. The van der Waals surface area contributed by atoms with Crippen molar-refractivity contribution in [2.24, 2.45) is 5.92 Å². The highest BCUT2D eigenvalue weighted by Gasteiger charge is 2.32. The number of anilines is 2. The van der Waals surface area contributed by atoms with E-state index >= 15 is 0 Å². The number of halogens is 3. The van der Waals surface area contributed by atoms with E-state index in [2.05, 4.69) is 20.5 Å². The van der Waals surface area contributed by atoms with Crippen molar-refractivity contribution >= 4 is 23.2 Å². The molecule has 146 valence electrons. The van der Waals surface area contributed by atoms with Gasteiger partial charge in [-0.1, -0.05) is 0 Å².